The lowest BCUT2D eigenvalue weighted by molar-refractivity contribution is 0.0688. The number of rotatable bonds is 3. The van der Waals surface area contributed by atoms with E-state index in [2.05, 4.69) is 25.6 Å². The van der Waals surface area contributed by atoms with Crippen molar-refractivity contribution in [2.45, 2.75) is 6.10 Å². The molecule has 3 heterocycles. The maximum atomic E-state index is 11.2. The van der Waals surface area contributed by atoms with E-state index >= 15 is 0 Å². The molecular weight excluding hydrogens is 288 g/mol. The van der Waals surface area contributed by atoms with E-state index in [1.165, 1.54) is 16.7 Å². The van der Waals surface area contributed by atoms with Crippen molar-refractivity contribution in [1.82, 2.24) is 30.0 Å². The van der Waals surface area contributed by atoms with E-state index in [1.54, 1.807) is 6.07 Å². The number of fused-ring (bicyclic) bond motifs is 1. The van der Waals surface area contributed by atoms with Gasteiger partial charge in [0.2, 0.25) is 0 Å². The first-order valence-electron chi connectivity index (χ1n) is 5.40. The van der Waals surface area contributed by atoms with Gasteiger partial charge in [0.05, 0.1) is 16.9 Å². The third kappa shape index (κ3) is 1.80. The van der Waals surface area contributed by atoms with Crippen molar-refractivity contribution in [3.63, 3.8) is 0 Å². The lowest BCUT2D eigenvalue weighted by atomic mass is 10.2. The SMILES string of the molecule is O=C(O)c1cnc2ccc(Cl)c(C(O)c3nnn[nH]3)n12. The van der Waals surface area contributed by atoms with E-state index in [1.807, 2.05) is 0 Å². The van der Waals surface area contributed by atoms with Gasteiger partial charge >= 0.3 is 5.97 Å². The highest BCUT2D eigenvalue weighted by atomic mass is 35.5. The predicted octanol–water partition coefficient (Wildman–Crippen LogP) is 0.281. The second kappa shape index (κ2) is 4.54. The number of carboxylic acids is 1. The van der Waals surface area contributed by atoms with Gasteiger partial charge in [0.1, 0.15) is 5.65 Å². The number of aromatic nitrogens is 6. The van der Waals surface area contributed by atoms with Crippen LogP contribution in [0.25, 0.3) is 5.65 Å². The van der Waals surface area contributed by atoms with Crippen LogP contribution in [0.5, 0.6) is 0 Å². The second-order valence-electron chi connectivity index (χ2n) is 3.90. The standard InChI is InChI=1S/C10H7ClN6O3/c11-4-1-2-6-12-3-5(10(19)20)17(6)7(4)8(18)9-13-15-16-14-9/h1-3,8,18H,(H,19,20)(H,13,14,15,16). The van der Waals surface area contributed by atoms with E-state index in [9.17, 15) is 9.90 Å². The quantitative estimate of drug-likeness (QED) is 0.632. The minimum atomic E-state index is -1.31. The average Bonchev–Trinajstić information content (AvgIpc) is 3.07. The molecule has 0 saturated carbocycles. The normalized spacial score (nSPS) is 12.7. The summed E-state index contributed by atoms with van der Waals surface area (Å²) in [6, 6.07) is 3.06. The zero-order valence-corrected chi connectivity index (χ0v) is 10.5. The number of pyridine rings is 1. The van der Waals surface area contributed by atoms with Gasteiger partial charge in [-0.25, -0.2) is 14.9 Å². The number of aromatic amines is 1. The number of tetrazole rings is 1. The Morgan fingerprint density at radius 1 is 1.45 bits per heavy atom. The predicted molar refractivity (Wildman–Crippen MR) is 65.4 cm³/mol. The second-order valence-corrected chi connectivity index (χ2v) is 4.30. The van der Waals surface area contributed by atoms with Crippen LogP contribution in [-0.4, -0.2) is 46.2 Å². The summed E-state index contributed by atoms with van der Waals surface area (Å²) in [6.07, 6.45) is -0.128. The van der Waals surface area contributed by atoms with Crippen molar-refractivity contribution in [3.05, 3.63) is 40.6 Å². The fourth-order valence-electron chi connectivity index (χ4n) is 1.89. The monoisotopic (exact) mass is 294 g/mol. The maximum absolute atomic E-state index is 11.2. The molecule has 0 aromatic carbocycles. The number of aliphatic hydroxyl groups is 1. The number of aromatic carboxylic acids is 1. The Labute approximate surface area is 115 Å². The van der Waals surface area contributed by atoms with Gasteiger partial charge in [0, 0.05) is 0 Å². The molecule has 0 aliphatic rings. The number of halogens is 1. The minimum absolute atomic E-state index is 0.0458. The first-order chi connectivity index (χ1) is 9.59. The fraction of sp³-hybridized carbons (Fsp3) is 0.100. The van der Waals surface area contributed by atoms with Gasteiger partial charge < -0.3 is 10.2 Å². The zero-order valence-electron chi connectivity index (χ0n) is 9.73. The van der Waals surface area contributed by atoms with Crippen molar-refractivity contribution in [3.8, 4) is 0 Å². The molecule has 20 heavy (non-hydrogen) atoms. The van der Waals surface area contributed by atoms with Crippen molar-refractivity contribution >= 4 is 23.2 Å². The van der Waals surface area contributed by atoms with Gasteiger partial charge in [-0.15, -0.1) is 5.10 Å². The Kier molecular flexibility index (Phi) is 2.84. The molecule has 3 N–H and O–H groups in total. The highest BCUT2D eigenvalue weighted by molar-refractivity contribution is 6.31. The summed E-state index contributed by atoms with van der Waals surface area (Å²) in [5.41, 5.74) is 0.343. The molecule has 1 unspecified atom stereocenters. The van der Waals surface area contributed by atoms with E-state index < -0.39 is 12.1 Å². The van der Waals surface area contributed by atoms with Gasteiger partial charge in [0.15, 0.2) is 17.6 Å². The Morgan fingerprint density at radius 2 is 2.25 bits per heavy atom. The summed E-state index contributed by atoms with van der Waals surface area (Å²) in [5.74, 6) is -1.15. The van der Waals surface area contributed by atoms with Crippen LogP contribution in [0, 0.1) is 0 Å². The van der Waals surface area contributed by atoms with Gasteiger partial charge in [0.25, 0.3) is 0 Å². The summed E-state index contributed by atoms with van der Waals surface area (Å²) in [7, 11) is 0. The van der Waals surface area contributed by atoms with Gasteiger partial charge in [-0.2, -0.15) is 0 Å². The van der Waals surface area contributed by atoms with Crippen molar-refractivity contribution in [2.75, 3.05) is 0 Å². The van der Waals surface area contributed by atoms with Crippen LogP contribution in [0.15, 0.2) is 18.3 Å². The van der Waals surface area contributed by atoms with Gasteiger partial charge in [-0.1, -0.05) is 11.6 Å². The Bertz CT molecular complexity index is 784. The summed E-state index contributed by atoms with van der Waals surface area (Å²) in [4.78, 5) is 15.2. The molecule has 0 spiro atoms. The van der Waals surface area contributed by atoms with E-state index in [0.717, 1.165) is 0 Å². The number of nitrogens with zero attached hydrogens (tertiary/aromatic N) is 5. The summed E-state index contributed by atoms with van der Waals surface area (Å²) in [5, 5.41) is 32.3. The van der Waals surface area contributed by atoms with Crippen molar-refractivity contribution in [2.24, 2.45) is 0 Å². The first kappa shape index (κ1) is 12.5. The number of carboxylic acid groups (broad SMARTS) is 1. The molecule has 0 aliphatic heterocycles. The largest absolute Gasteiger partial charge is 0.477 e. The molecule has 0 aliphatic carbocycles. The maximum Gasteiger partial charge on any atom is 0.354 e. The average molecular weight is 295 g/mol. The molecule has 3 rings (SSSR count). The lowest BCUT2D eigenvalue weighted by Crippen LogP contribution is -2.12. The number of H-pyrrole nitrogens is 1. The third-order valence-electron chi connectivity index (χ3n) is 2.75. The van der Waals surface area contributed by atoms with Gasteiger partial charge in [-0.3, -0.25) is 4.40 Å². The zero-order chi connectivity index (χ0) is 14.3. The number of carbonyl (C=O) groups is 1. The molecule has 0 bridgehead atoms. The molecule has 0 fully saturated rings. The molecule has 0 saturated heterocycles. The minimum Gasteiger partial charge on any atom is -0.477 e. The molecule has 10 heteroatoms. The molecule has 9 nitrogen and oxygen atoms in total. The van der Waals surface area contributed by atoms with E-state index in [0.29, 0.717) is 5.65 Å². The van der Waals surface area contributed by atoms with Crippen LogP contribution in [0.2, 0.25) is 5.02 Å². The lowest BCUT2D eigenvalue weighted by Gasteiger charge is -2.13. The van der Waals surface area contributed by atoms with E-state index in [4.69, 9.17) is 16.7 Å². The molecular formula is C10H7ClN6O3. The van der Waals surface area contributed by atoms with E-state index in [-0.39, 0.29) is 22.2 Å². The highest BCUT2D eigenvalue weighted by Gasteiger charge is 2.24. The van der Waals surface area contributed by atoms with Crippen molar-refractivity contribution < 1.29 is 15.0 Å². The first-order valence-corrected chi connectivity index (χ1v) is 5.78. The Morgan fingerprint density at radius 3 is 2.90 bits per heavy atom. The number of imidazole rings is 1. The van der Waals surface area contributed by atoms with Crippen LogP contribution >= 0.6 is 11.6 Å². The van der Waals surface area contributed by atoms with Gasteiger partial charge in [-0.05, 0) is 22.6 Å². The summed E-state index contributed by atoms with van der Waals surface area (Å²) in [6.45, 7) is 0. The Balaban J connectivity index is 2.30. The van der Waals surface area contributed by atoms with Crippen LogP contribution in [0.4, 0.5) is 0 Å². The topological polar surface area (TPSA) is 129 Å². The number of nitrogens with one attached hydrogen (secondary N) is 1. The van der Waals surface area contributed by atoms with Crippen LogP contribution < -0.4 is 0 Å². The smallest absolute Gasteiger partial charge is 0.354 e. The molecule has 0 radical (unpaired) electrons. The number of hydrogen-bond donors (Lipinski definition) is 3. The third-order valence-corrected chi connectivity index (χ3v) is 3.07. The molecule has 3 aromatic rings. The number of hydrogen-bond acceptors (Lipinski definition) is 6. The highest BCUT2D eigenvalue weighted by Crippen LogP contribution is 2.28. The molecule has 1 atom stereocenters. The summed E-state index contributed by atoms with van der Waals surface area (Å²) < 4.78 is 1.25. The summed E-state index contributed by atoms with van der Waals surface area (Å²) >= 11 is 6.06. The molecule has 102 valence electrons. The molecule has 3 aromatic heterocycles. The van der Waals surface area contributed by atoms with Crippen molar-refractivity contribution in [1.29, 1.82) is 0 Å². The fourth-order valence-corrected chi connectivity index (χ4v) is 2.14. The molecule has 0 amide bonds. The van der Waals surface area contributed by atoms with Crippen LogP contribution in [-0.2, 0) is 0 Å². The Hall–Kier alpha value is -2.52. The van der Waals surface area contributed by atoms with Crippen LogP contribution in [0.3, 0.4) is 0 Å². The number of aliphatic hydroxyl groups excluding tert-OH is 1. The van der Waals surface area contributed by atoms with Crippen LogP contribution in [0.1, 0.15) is 28.1 Å².